The van der Waals surface area contributed by atoms with Crippen molar-refractivity contribution in [2.45, 2.75) is 31.2 Å². The second-order valence-corrected chi connectivity index (χ2v) is 4.31. The van der Waals surface area contributed by atoms with Gasteiger partial charge in [0.2, 0.25) is 5.82 Å². The molecule has 1 aromatic rings. The van der Waals surface area contributed by atoms with E-state index in [0.29, 0.717) is 12.8 Å². The molecule has 0 bridgehead atoms. The first kappa shape index (κ1) is 11.3. The lowest BCUT2D eigenvalue weighted by molar-refractivity contribution is 0.359. The summed E-state index contributed by atoms with van der Waals surface area (Å²) in [5.74, 6) is -1.90. The van der Waals surface area contributed by atoms with E-state index in [1.165, 1.54) is 19.2 Å². The monoisotopic (exact) mass is 227 g/mol. The first-order valence-electron chi connectivity index (χ1n) is 5.40. The van der Waals surface area contributed by atoms with Gasteiger partial charge in [0.05, 0.1) is 7.11 Å². The number of methoxy groups -OCH3 is 1. The van der Waals surface area contributed by atoms with Crippen LogP contribution in [0.5, 0.6) is 5.75 Å². The average molecular weight is 227 g/mol. The Morgan fingerprint density at radius 1 is 1.19 bits per heavy atom. The van der Waals surface area contributed by atoms with E-state index in [4.69, 9.17) is 10.5 Å². The Morgan fingerprint density at radius 2 is 1.81 bits per heavy atom. The Morgan fingerprint density at radius 3 is 2.38 bits per heavy atom. The highest BCUT2D eigenvalue weighted by Crippen LogP contribution is 2.39. The van der Waals surface area contributed by atoms with Crippen molar-refractivity contribution in [2.24, 2.45) is 5.73 Å². The summed E-state index contributed by atoms with van der Waals surface area (Å²) in [4.78, 5) is 0. The number of hydrogen-bond donors (Lipinski definition) is 1. The molecule has 0 aliphatic heterocycles. The van der Waals surface area contributed by atoms with Crippen LogP contribution < -0.4 is 10.5 Å². The third-order valence-electron chi connectivity index (χ3n) is 3.30. The molecule has 0 heterocycles. The Kier molecular flexibility index (Phi) is 2.84. The summed E-state index contributed by atoms with van der Waals surface area (Å²) in [5.41, 5.74) is 5.65. The molecule has 16 heavy (non-hydrogen) atoms. The molecule has 0 aromatic heterocycles. The quantitative estimate of drug-likeness (QED) is 0.843. The molecule has 4 heteroatoms. The molecule has 0 spiro atoms. The molecular formula is C12H15F2NO. The van der Waals surface area contributed by atoms with E-state index in [9.17, 15) is 8.78 Å². The van der Waals surface area contributed by atoms with Crippen molar-refractivity contribution in [1.82, 2.24) is 0 Å². The largest absolute Gasteiger partial charge is 0.494 e. The molecule has 1 aliphatic rings. The van der Waals surface area contributed by atoms with Crippen molar-refractivity contribution in [3.63, 3.8) is 0 Å². The van der Waals surface area contributed by atoms with E-state index in [2.05, 4.69) is 0 Å². The van der Waals surface area contributed by atoms with Gasteiger partial charge in [-0.1, -0.05) is 18.9 Å². The zero-order chi connectivity index (χ0) is 11.8. The van der Waals surface area contributed by atoms with Crippen molar-refractivity contribution in [1.29, 1.82) is 0 Å². The highest BCUT2D eigenvalue weighted by Gasteiger charge is 2.35. The highest BCUT2D eigenvalue weighted by atomic mass is 19.2. The van der Waals surface area contributed by atoms with Gasteiger partial charge in [-0.05, 0) is 18.9 Å². The number of halogens is 2. The average Bonchev–Trinajstić information content (AvgIpc) is 2.70. The molecule has 0 saturated heterocycles. The maximum absolute atomic E-state index is 13.8. The molecule has 2 nitrogen and oxygen atoms in total. The standard InChI is InChI=1S/C12H15F2NO/c1-16-9-5-4-8(10(13)11(9)14)12(15)6-2-3-7-12/h4-5H,2-3,6-7,15H2,1H3. The van der Waals surface area contributed by atoms with Crippen LogP contribution in [0.3, 0.4) is 0 Å². The van der Waals surface area contributed by atoms with Crippen molar-refractivity contribution in [3.8, 4) is 5.75 Å². The minimum Gasteiger partial charge on any atom is -0.494 e. The summed E-state index contributed by atoms with van der Waals surface area (Å²) in [6.07, 6.45) is 3.33. The molecule has 88 valence electrons. The lowest BCUT2D eigenvalue weighted by Gasteiger charge is -2.25. The van der Waals surface area contributed by atoms with E-state index in [-0.39, 0.29) is 11.3 Å². The van der Waals surface area contributed by atoms with Gasteiger partial charge in [-0.3, -0.25) is 0 Å². The van der Waals surface area contributed by atoms with Gasteiger partial charge in [0, 0.05) is 11.1 Å². The first-order chi connectivity index (χ1) is 7.58. The van der Waals surface area contributed by atoms with Crippen LogP contribution in [0, 0.1) is 11.6 Å². The van der Waals surface area contributed by atoms with Crippen LogP contribution in [0.4, 0.5) is 8.78 Å². The van der Waals surface area contributed by atoms with Crippen LogP contribution in [-0.2, 0) is 5.54 Å². The fourth-order valence-electron chi connectivity index (χ4n) is 2.35. The van der Waals surface area contributed by atoms with Gasteiger partial charge in [0.25, 0.3) is 0 Å². The molecule has 0 amide bonds. The van der Waals surface area contributed by atoms with E-state index in [1.54, 1.807) is 0 Å². The van der Waals surface area contributed by atoms with Gasteiger partial charge >= 0.3 is 0 Å². The maximum Gasteiger partial charge on any atom is 0.200 e. The van der Waals surface area contributed by atoms with E-state index >= 15 is 0 Å². The predicted octanol–water partition coefficient (Wildman–Crippen LogP) is 2.70. The molecule has 1 saturated carbocycles. The molecule has 0 atom stereocenters. The van der Waals surface area contributed by atoms with Crippen LogP contribution in [0.15, 0.2) is 12.1 Å². The lowest BCUT2D eigenvalue weighted by atomic mass is 9.89. The van der Waals surface area contributed by atoms with E-state index < -0.39 is 17.2 Å². The third-order valence-corrected chi connectivity index (χ3v) is 3.30. The second kappa shape index (κ2) is 4.01. The minimum atomic E-state index is -0.947. The van der Waals surface area contributed by atoms with Gasteiger partial charge in [-0.2, -0.15) is 4.39 Å². The molecule has 2 N–H and O–H groups in total. The zero-order valence-electron chi connectivity index (χ0n) is 9.22. The zero-order valence-corrected chi connectivity index (χ0v) is 9.22. The Hall–Kier alpha value is -1.16. The van der Waals surface area contributed by atoms with E-state index in [1.807, 2.05) is 0 Å². The van der Waals surface area contributed by atoms with Crippen LogP contribution in [-0.4, -0.2) is 7.11 Å². The van der Waals surface area contributed by atoms with Crippen LogP contribution >= 0.6 is 0 Å². The highest BCUT2D eigenvalue weighted by molar-refractivity contribution is 5.35. The number of hydrogen-bond acceptors (Lipinski definition) is 2. The van der Waals surface area contributed by atoms with Gasteiger partial charge in [0.1, 0.15) is 0 Å². The summed E-state index contributed by atoms with van der Waals surface area (Å²) >= 11 is 0. The minimum absolute atomic E-state index is 0.0807. The number of ether oxygens (including phenoxy) is 1. The summed E-state index contributed by atoms with van der Waals surface area (Å²) in [7, 11) is 1.31. The van der Waals surface area contributed by atoms with Gasteiger partial charge in [-0.15, -0.1) is 0 Å². The van der Waals surface area contributed by atoms with Crippen molar-refractivity contribution in [2.75, 3.05) is 7.11 Å². The fraction of sp³-hybridized carbons (Fsp3) is 0.500. The number of nitrogens with two attached hydrogens (primary N) is 1. The molecule has 1 fully saturated rings. The first-order valence-corrected chi connectivity index (χ1v) is 5.40. The molecule has 1 aromatic carbocycles. The van der Waals surface area contributed by atoms with Crippen molar-refractivity contribution >= 4 is 0 Å². The fourth-order valence-corrected chi connectivity index (χ4v) is 2.35. The SMILES string of the molecule is COc1ccc(C2(N)CCCC2)c(F)c1F. The molecule has 0 unspecified atom stereocenters. The van der Waals surface area contributed by atoms with Crippen LogP contribution in [0.25, 0.3) is 0 Å². The Bertz CT molecular complexity index is 400. The van der Waals surface area contributed by atoms with Gasteiger partial charge < -0.3 is 10.5 Å². The lowest BCUT2D eigenvalue weighted by Crippen LogP contribution is -2.34. The topological polar surface area (TPSA) is 35.2 Å². The van der Waals surface area contributed by atoms with Crippen LogP contribution in [0.2, 0.25) is 0 Å². The van der Waals surface area contributed by atoms with Gasteiger partial charge in [-0.25, -0.2) is 4.39 Å². The summed E-state index contributed by atoms with van der Waals surface area (Å²) in [6, 6.07) is 2.96. The molecule has 2 rings (SSSR count). The Labute approximate surface area is 93.4 Å². The van der Waals surface area contributed by atoms with Crippen LogP contribution in [0.1, 0.15) is 31.2 Å². The summed E-state index contributed by atoms with van der Waals surface area (Å²) < 4.78 is 32.1. The summed E-state index contributed by atoms with van der Waals surface area (Å²) in [5, 5.41) is 0. The van der Waals surface area contributed by atoms with Gasteiger partial charge in [0.15, 0.2) is 11.6 Å². The van der Waals surface area contributed by atoms with Crippen molar-refractivity contribution < 1.29 is 13.5 Å². The molecule has 1 aliphatic carbocycles. The van der Waals surface area contributed by atoms with E-state index in [0.717, 1.165) is 12.8 Å². The van der Waals surface area contributed by atoms with Crippen molar-refractivity contribution in [3.05, 3.63) is 29.3 Å². The molecule has 0 radical (unpaired) electrons. The number of rotatable bonds is 2. The number of benzene rings is 1. The smallest absolute Gasteiger partial charge is 0.200 e. The Balaban J connectivity index is 2.46. The summed E-state index contributed by atoms with van der Waals surface area (Å²) in [6.45, 7) is 0. The normalized spacial score (nSPS) is 18.8. The third kappa shape index (κ3) is 1.67. The predicted molar refractivity (Wildman–Crippen MR) is 57.2 cm³/mol. The maximum atomic E-state index is 13.8. The second-order valence-electron chi connectivity index (χ2n) is 4.31. The molecular weight excluding hydrogens is 212 g/mol.